The summed E-state index contributed by atoms with van der Waals surface area (Å²) in [6.07, 6.45) is 8.51. The van der Waals surface area contributed by atoms with Crippen LogP contribution < -0.4 is 5.32 Å². The van der Waals surface area contributed by atoms with Gasteiger partial charge in [0.2, 0.25) is 0 Å². The Balaban J connectivity index is 2.43. The van der Waals surface area contributed by atoms with E-state index in [0.717, 1.165) is 17.9 Å². The summed E-state index contributed by atoms with van der Waals surface area (Å²) in [7, 11) is 2.14. The van der Waals surface area contributed by atoms with Crippen LogP contribution in [0.25, 0.3) is 0 Å². The lowest BCUT2D eigenvalue weighted by atomic mass is 9.74. The molecule has 0 amide bonds. The molecule has 1 aliphatic carbocycles. The van der Waals surface area contributed by atoms with Gasteiger partial charge in [-0.15, -0.1) is 0 Å². The van der Waals surface area contributed by atoms with Crippen molar-refractivity contribution < 1.29 is 0 Å². The van der Waals surface area contributed by atoms with Gasteiger partial charge in [0.05, 0.1) is 0 Å². The first-order valence-electron chi connectivity index (χ1n) is 7.13. The quantitative estimate of drug-likeness (QED) is 0.755. The summed E-state index contributed by atoms with van der Waals surface area (Å²) in [6, 6.07) is 0.734. The summed E-state index contributed by atoms with van der Waals surface area (Å²) < 4.78 is 0. The Morgan fingerprint density at radius 2 is 1.69 bits per heavy atom. The monoisotopic (exact) mass is 225 g/mol. The molecular weight excluding hydrogens is 194 g/mol. The van der Waals surface area contributed by atoms with Gasteiger partial charge in [-0.3, -0.25) is 0 Å². The zero-order valence-corrected chi connectivity index (χ0v) is 12.0. The Bertz CT molecular complexity index is 184. The summed E-state index contributed by atoms with van der Waals surface area (Å²) in [4.78, 5) is 0. The van der Waals surface area contributed by atoms with Crippen LogP contribution >= 0.6 is 0 Å². The second-order valence-electron chi connectivity index (χ2n) is 6.85. The maximum Gasteiger partial charge on any atom is 0.00973 e. The van der Waals surface area contributed by atoms with Crippen molar-refractivity contribution in [2.75, 3.05) is 7.05 Å². The van der Waals surface area contributed by atoms with Crippen molar-refractivity contribution in [3.63, 3.8) is 0 Å². The summed E-state index contributed by atoms with van der Waals surface area (Å²) in [5.41, 5.74) is 0.454. The Morgan fingerprint density at radius 1 is 1.12 bits per heavy atom. The molecule has 0 spiro atoms. The van der Waals surface area contributed by atoms with Gasteiger partial charge in [0.15, 0.2) is 0 Å². The molecule has 1 N–H and O–H groups in total. The van der Waals surface area contributed by atoms with Gasteiger partial charge >= 0.3 is 0 Å². The van der Waals surface area contributed by atoms with Gasteiger partial charge < -0.3 is 5.32 Å². The molecule has 16 heavy (non-hydrogen) atoms. The predicted octanol–water partition coefficient (Wildman–Crippen LogP) is 4.23. The molecule has 1 aliphatic rings. The molecule has 0 saturated heterocycles. The summed E-state index contributed by atoms with van der Waals surface area (Å²) in [5.74, 6) is 1.94. The van der Waals surface area contributed by atoms with Crippen molar-refractivity contribution >= 4 is 0 Å². The normalized spacial score (nSPS) is 29.1. The number of rotatable bonds is 4. The fourth-order valence-corrected chi connectivity index (χ4v) is 3.16. The molecule has 1 rings (SSSR count). The zero-order valence-electron chi connectivity index (χ0n) is 12.0. The molecule has 96 valence electrons. The van der Waals surface area contributed by atoms with Crippen LogP contribution in [-0.4, -0.2) is 13.1 Å². The molecule has 0 aromatic rings. The molecule has 1 heteroatoms. The average Bonchev–Trinajstić information content (AvgIpc) is 2.25. The van der Waals surface area contributed by atoms with E-state index in [2.05, 4.69) is 40.1 Å². The van der Waals surface area contributed by atoms with Gasteiger partial charge in [-0.05, 0) is 43.6 Å². The van der Waals surface area contributed by atoms with Crippen LogP contribution in [0, 0.1) is 17.3 Å². The molecule has 1 unspecified atom stereocenters. The second kappa shape index (κ2) is 6.05. The maximum absolute atomic E-state index is 3.56. The van der Waals surface area contributed by atoms with Crippen LogP contribution in [0.1, 0.15) is 66.2 Å². The minimum atomic E-state index is 0.454. The Labute approximate surface area is 102 Å². The first-order chi connectivity index (χ1) is 7.46. The zero-order chi connectivity index (χ0) is 12.2. The van der Waals surface area contributed by atoms with E-state index >= 15 is 0 Å². The molecule has 0 aromatic carbocycles. The lowest BCUT2D eigenvalue weighted by Crippen LogP contribution is -2.38. The van der Waals surface area contributed by atoms with Crippen molar-refractivity contribution in [1.82, 2.24) is 5.32 Å². The van der Waals surface area contributed by atoms with Crippen LogP contribution in [-0.2, 0) is 0 Å². The molecular formula is C15H31N. The molecule has 0 bridgehead atoms. The van der Waals surface area contributed by atoms with Crippen molar-refractivity contribution in [3.8, 4) is 0 Å². The number of hydrogen-bond acceptors (Lipinski definition) is 1. The van der Waals surface area contributed by atoms with Crippen LogP contribution in [0.3, 0.4) is 0 Å². The Morgan fingerprint density at radius 3 is 2.06 bits per heavy atom. The van der Waals surface area contributed by atoms with E-state index in [9.17, 15) is 0 Å². The maximum atomic E-state index is 3.56. The van der Waals surface area contributed by atoms with Gasteiger partial charge in [-0.25, -0.2) is 0 Å². The smallest absolute Gasteiger partial charge is 0.00973 e. The molecule has 1 saturated carbocycles. The van der Waals surface area contributed by atoms with Crippen LogP contribution in [0.5, 0.6) is 0 Å². The van der Waals surface area contributed by atoms with E-state index in [4.69, 9.17) is 0 Å². The first kappa shape index (κ1) is 14.0. The third-order valence-electron chi connectivity index (χ3n) is 4.24. The van der Waals surface area contributed by atoms with Gasteiger partial charge in [0.25, 0.3) is 0 Å². The van der Waals surface area contributed by atoms with E-state index < -0.39 is 0 Å². The Kier molecular flexibility index (Phi) is 5.30. The SMILES string of the molecule is CCC1CCC(C(CC(C)(C)C)NC)CC1. The number of nitrogens with one attached hydrogen (secondary N) is 1. The highest BCUT2D eigenvalue weighted by atomic mass is 14.9. The summed E-state index contributed by atoms with van der Waals surface area (Å²) in [5, 5.41) is 3.56. The third kappa shape index (κ3) is 4.45. The van der Waals surface area contributed by atoms with Crippen molar-refractivity contribution in [3.05, 3.63) is 0 Å². The number of hydrogen-bond donors (Lipinski definition) is 1. The standard InChI is InChI=1S/C15H31N/c1-6-12-7-9-13(10-8-12)14(16-5)11-15(2,3)4/h12-14,16H,6-11H2,1-5H3. The van der Waals surface area contributed by atoms with Crippen LogP contribution in [0.2, 0.25) is 0 Å². The molecule has 0 radical (unpaired) electrons. The third-order valence-corrected chi connectivity index (χ3v) is 4.24. The highest BCUT2D eigenvalue weighted by Crippen LogP contribution is 2.35. The van der Waals surface area contributed by atoms with Gasteiger partial charge in [-0.1, -0.05) is 47.0 Å². The minimum absolute atomic E-state index is 0.454. The molecule has 1 fully saturated rings. The largest absolute Gasteiger partial charge is 0.317 e. The van der Waals surface area contributed by atoms with E-state index in [1.165, 1.54) is 38.5 Å². The van der Waals surface area contributed by atoms with Gasteiger partial charge in [-0.2, -0.15) is 0 Å². The van der Waals surface area contributed by atoms with Crippen LogP contribution in [0.4, 0.5) is 0 Å². The highest BCUT2D eigenvalue weighted by molar-refractivity contribution is 4.84. The van der Waals surface area contributed by atoms with Crippen LogP contribution in [0.15, 0.2) is 0 Å². The molecule has 0 aromatic heterocycles. The highest BCUT2D eigenvalue weighted by Gasteiger charge is 2.28. The molecule has 0 aliphatic heterocycles. The fourth-order valence-electron chi connectivity index (χ4n) is 3.16. The predicted molar refractivity (Wildman–Crippen MR) is 72.7 cm³/mol. The summed E-state index contributed by atoms with van der Waals surface area (Å²) in [6.45, 7) is 9.41. The minimum Gasteiger partial charge on any atom is -0.317 e. The molecule has 0 heterocycles. The fraction of sp³-hybridized carbons (Fsp3) is 1.00. The molecule has 1 nitrogen and oxygen atoms in total. The lowest BCUT2D eigenvalue weighted by Gasteiger charge is -2.36. The second-order valence-corrected chi connectivity index (χ2v) is 6.85. The topological polar surface area (TPSA) is 12.0 Å². The van der Waals surface area contributed by atoms with Gasteiger partial charge in [0.1, 0.15) is 0 Å². The van der Waals surface area contributed by atoms with E-state index in [1.807, 2.05) is 0 Å². The van der Waals surface area contributed by atoms with E-state index in [1.54, 1.807) is 0 Å². The van der Waals surface area contributed by atoms with E-state index in [0.29, 0.717) is 5.41 Å². The summed E-state index contributed by atoms with van der Waals surface area (Å²) >= 11 is 0. The van der Waals surface area contributed by atoms with Gasteiger partial charge in [0, 0.05) is 6.04 Å². The van der Waals surface area contributed by atoms with Crippen molar-refractivity contribution in [1.29, 1.82) is 0 Å². The van der Waals surface area contributed by atoms with Crippen molar-refractivity contribution in [2.24, 2.45) is 17.3 Å². The first-order valence-corrected chi connectivity index (χ1v) is 7.13. The Hall–Kier alpha value is -0.0400. The van der Waals surface area contributed by atoms with Crippen molar-refractivity contribution in [2.45, 2.75) is 72.3 Å². The van der Waals surface area contributed by atoms with E-state index in [-0.39, 0.29) is 0 Å². The average molecular weight is 225 g/mol. The molecule has 1 atom stereocenters. The lowest BCUT2D eigenvalue weighted by molar-refractivity contribution is 0.184.